The van der Waals surface area contributed by atoms with Gasteiger partial charge in [0.1, 0.15) is 6.29 Å². The van der Waals surface area contributed by atoms with Crippen molar-refractivity contribution in [1.82, 2.24) is 0 Å². The van der Waals surface area contributed by atoms with Crippen molar-refractivity contribution in [2.24, 2.45) is 5.92 Å². The Hall–Kier alpha value is -0.590. The summed E-state index contributed by atoms with van der Waals surface area (Å²) in [5.74, 6) is 0.728. The van der Waals surface area contributed by atoms with Crippen LogP contribution in [0.3, 0.4) is 0 Å². The molecule has 0 saturated heterocycles. The van der Waals surface area contributed by atoms with E-state index in [1.165, 1.54) is 19.3 Å². The first kappa shape index (κ1) is 10.4. The predicted molar refractivity (Wildman–Crippen MR) is 48.5 cm³/mol. The summed E-state index contributed by atoms with van der Waals surface area (Å²) in [4.78, 5) is 9.91. The SMILES string of the molecule is CCCCC(C)CC=CC=O. The molecule has 0 aromatic rings. The van der Waals surface area contributed by atoms with Gasteiger partial charge in [0, 0.05) is 0 Å². The van der Waals surface area contributed by atoms with Gasteiger partial charge in [-0.05, 0) is 18.4 Å². The van der Waals surface area contributed by atoms with E-state index >= 15 is 0 Å². The van der Waals surface area contributed by atoms with Crippen LogP contribution in [0.25, 0.3) is 0 Å². The van der Waals surface area contributed by atoms with Crippen molar-refractivity contribution in [2.45, 2.75) is 39.5 Å². The molecule has 1 nitrogen and oxygen atoms in total. The fourth-order valence-corrected chi connectivity index (χ4v) is 1.04. The molecular weight excluding hydrogens is 136 g/mol. The van der Waals surface area contributed by atoms with E-state index < -0.39 is 0 Å². The largest absolute Gasteiger partial charge is 0.299 e. The quantitative estimate of drug-likeness (QED) is 0.424. The number of allylic oxidation sites excluding steroid dienone is 2. The van der Waals surface area contributed by atoms with Crippen molar-refractivity contribution in [2.75, 3.05) is 0 Å². The monoisotopic (exact) mass is 154 g/mol. The Kier molecular flexibility index (Phi) is 7.11. The molecule has 0 aliphatic carbocycles. The van der Waals surface area contributed by atoms with Crippen LogP contribution < -0.4 is 0 Å². The third-order valence-electron chi connectivity index (χ3n) is 1.80. The van der Waals surface area contributed by atoms with Crippen LogP contribution in [-0.2, 0) is 4.79 Å². The fourth-order valence-electron chi connectivity index (χ4n) is 1.04. The molecule has 0 aliphatic heterocycles. The van der Waals surface area contributed by atoms with E-state index in [0.29, 0.717) is 0 Å². The van der Waals surface area contributed by atoms with E-state index in [1.807, 2.05) is 6.08 Å². The summed E-state index contributed by atoms with van der Waals surface area (Å²) in [5, 5.41) is 0. The van der Waals surface area contributed by atoms with Crippen LogP contribution in [-0.4, -0.2) is 6.29 Å². The van der Waals surface area contributed by atoms with Gasteiger partial charge in [-0.3, -0.25) is 4.79 Å². The topological polar surface area (TPSA) is 17.1 Å². The molecule has 0 amide bonds. The molecule has 1 heteroatoms. The van der Waals surface area contributed by atoms with E-state index in [2.05, 4.69) is 13.8 Å². The van der Waals surface area contributed by atoms with Crippen LogP contribution in [0, 0.1) is 5.92 Å². The van der Waals surface area contributed by atoms with E-state index in [4.69, 9.17) is 0 Å². The number of rotatable bonds is 6. The lowest BCUT2D eigenvalue weighted by Gasteiger charge is -2.05. The molecule has 0 aliphatic rings. The van der Waals surface area contributed by atoms with Crippen LogP contribution in [0.5, 0.6) is 0 Å². The highest BCUT2D eigenvalue weighted by Crippen LogP contribution is 2.11. The summed E-state index contributed by atoms with van der Waals surface area (Å²) >= 11 is 0. The fraction of sp³-hybridized carbons (Fsp3) is 0.700. The highest BCUT2D eigenvalue weighted by Gasteiger charge is 1.96. The van der Waals surface area contributed by atoms with E-state index in [1.54, 1.807) is 6.08 Å². The second kappa shape index (κ2) is 7.52. The first-order chi connectivity index (χ1) is 5.31. The highest BCUT2D eigenvalue weighted by atomic mass is 16.1. The van der Waals surface area contributed by atoms with Gasteiger partial charge in [0.2, 0.25) is 0 Å². The molecule has 0 heterocycles. The summed E-state index contributed by atoms with van der Waals surface area (Å²) in [6.45, 7) is 4.43. The molecule has 0 aromatic heterocycles. The molecule has 1 atom stereocenters. The summed E-state index contributed by atoms with van der Waals surface area (Å²) in [5.41, 5.74) is 0. The lowest BCUT2D eigenvalue weighted by molar-refractivity contribution is -0.104. The van der Waals surface area contributed by atoms with Gasteiger partial charge in [-0.15, -0.1) is 0 Å². The third kappa shape index (κ3) is 7.31. The molecule has 64 valence electrons. The molecule has 0 rings (SSSR count). The van der Waals surface area contributed by atoms with Crippen molar-refractivity contribution >= 4 is 6.29 Å². The maximum atomic E-state index is 9.91. The van der Waals surface area contributed by atoms with Gasteiger partial charge in [0.05, 0.1) is 0 Å². The van der Waals surface area contributed by atoms with Gasteiger partial charge in [0.15, 0.2) is 0 Å². The second-order valence-corrected chi connectivity index (χ2v) is 3.05. The molecule has 0 fully saturated rings. The zero-order chi connectivity index (χ0) is 8.53. The van der Waals surface area contributed by atoms with Crippen molar-refractivity contribution in [1.29, 1.82) is 0 Å². The number of unbranched alkanes of at least 4 members (excludes halogenated alkanes) is 1. The zero-order valence-corrected chi connectivity index (χ0v) is 7.55. The molecule has 11 heavy (non-hydrogen) atoms. The molecule has 0 spiro atoms. The predicted octanol–water partition coefficient (Wildman–Crippen LogP) is 2.96. The van der Waals surface area contributed by atoms with Crippen LogP contribution in [0.4, 0.5) is 0 Å². The van der Waals surface area contributed by atoms with E-state index in [0.717, 1.165) is 18.6 Å². The highest BCUT2D eigenvalue weighted by molar-refractivity contribution is 5.64. The van der Waals surface area contributed by atoms with Crippen molar-refractivity contribution in [3.63, 3.8) is 0 Å². The molecule has 0 N–H and O–H groups in total. The lowest BCUT2D eigenvalue weighted by atomic mass is 10.0. The standard InChI is InChI=1S/C10H18O/c1-3-4-7-10(2)8-5-6-9-11/h5-6,9-10H,3-4,7-8H2,1-2H3. The molecule has 0 aromatic carbocycles. The molecular formula is C10H18O. The molecule has 1 unspecified atom stereocenters. The van der Waals surface area contributed by atoms with Gasteiger partial charge in [0.25, 0.3) is 0 Å². The molecule has 0 saturated carbocycles. The zero-order valence-electron chi connectivity index (χ0n) is 7.55. The van der Waals surface area contributed by atoms with Gasteiger partial charge in [-0.1, -0.05) is 39.2 Å². The van der Waals surface area contributed by atoms with Crippen LogP contribution in [0.15, 0.2) is 12.2 Å². The lowest BCUT2D eigenvalue weighted by Crippen LogP contribution is -1.91. The average molecular weight is 154 g/mol. The minimum Gasteiger partial charge on any atom is -0.299 e. The van der Waals surface area contributed by atoms with Crippen LogP contribution >= 0.6 is 0 Å². The third-order valence-corrected chi connectivity index (χ3v) is 1.80. The summed E-state index contributed by atoms with van der Waals surface area (Å²) < 4.78 is 0. The van der Waals surface area contributed by atoms with E-state index in [-0.39, 0.29) is 0 Å². The van der Waals surface area contributed by atoms with Crippen molar-refractivity contribution in [3.8, 4) is 0 Å². The first-order valence-electron chi connectivity index (χ1n) is 4.41. The summed E-state index contributed by atoms with van der Waals surface area (Å²) in [7, 11) is 0. The summed E-state index contributed by atoms with van der Waals surface area (Å²) in [6.07, 6.45) is 9.26. The first-order valence-corrected chi connectivity index (χ1v) is 4.41. The van der Waals surface area contributed by atoms with Crippen LogP contribution in [0.1, 0.15) is 39.5 Å². The van der Waals surface area contributed by atoms with Gasteiger partial charge in [-0.2, -0.15) is 0 Å². The van der Waals surface area contributed by atoms with E-state index in [9.17, 15) is 4.79 Å². The minimum absolute atomic E-state index is 0.728. The van der Waals surface area contributed by atoms with Gasteiger partial charge < -0.3 is 0 Å². The molecule has 0 bridgehead atoms. The number of hydrogen-bond donors (Lipinski definition) is 0. The van der Waals surface area contributed by atoms with Crippen molar-refractivity contribution in [3.05, 3.63) is 12.2 Å². The Labute approximate surface area is 69.5 Å². The number of aldehydes is 1. The number of hydrogen-bond acceptors (Lipinski definition) is 1. The smallest absolute Gasteiger partial charge is 0.142 e. The van der Waals surface area contributed by atoms with Crippen LogP contribution in [0.2, 0.25) is 0 Å². The normalized spacial score (nSPS) is 13.6. The Balaban J connectivity index is 3.28. The Morgan fingerprint density at radius 1 is 1.45 bits per heavy atom. The van der Waals surface area contributed by atoms with Crippen molar-refractivity contribution < 1.29 is 4.79 Å². The van der Waals surface area contributed by atoms with Gasteiger partial charge in [-0.25, -0.2) is 0 Å². The Morgan fingerprint density at radius 3 is 2.73 bits per heavy atom. The van der Waals surface area contributed by atoms with Gasteiger partial charge >= 0.3 is 0 Å². The number of carbonyl (C=O) groups excluding carboxylic acids is 1. The number of carbonyl (C=O) groups is 1. The average Bonchev–Trinajstić information content (AvgIpc) is 2.01. The minimum atomic E-state index is 0.728. The summed E-state index contributed by atoms with van der Waals surface area (Å²) in [6, 6.07) is 0. The Morgan fingerprint density at radius 2 is 2.18 bits per heavy atom. The molecule has 0 radical (unpaired) electrons. The maximum absolute atomic E-state index is 9.91. The maximum Gasteiger partial charge on any atom is 0.142 e. The second-order valence-electron chi connectivity index (χ2n) is 3.05. The Bertz CT molecular complexity index is 116.